The van der Waals surface area contributed by atoms with Crippen LogP contribution < -0.4 is 4.90 Å². The molecule has 6 heteroatoms. The predicted octanol–water partition coefficient (Wildman–Crippen LogP) is 1.81. The number of nitrogens with zero attached hydrogens (tertiary/aromatic N) is 5. The van der Waals surface area contributed by atoms with E-state index in [0.29, 0.717) is 6.04 Å². The molecule has 130 valence electrons. The maximum Gasteiger partial charge on any atom is 0.208 e. The van der Waals surface area contributed by atoms with Crippen molar-refractivity contribution < 1.29 is 4.74 Å². The molecule has 1 fully saturated rings. The summed E-state index contributed by atoms with van der Waals surface area (Å²) in [6, 6.07) is 8.98. The van der Waals surface area contributed by atoms with E-state index in [4.69, 9.17) is 9.72 Å². The molecule has 4 rings (SSSR count). The minimum Gasteiger partial charge on any atom is -0.379 e. The molecule has 3 heterocycles. The van der Waals surface area contributed by atoms with Crippen LogP contribution in [-0.2, 0) is 11.4 Å². The topological polar surface area (TPSA) is 36.8 Å². The number of para-hydroxylation sites is 2. The van der Waals surface area contributed by atoms with E-state index in [1.165, 1.54) is 5.52 Å². The normalized spacial score (nSPS) is 20.0. The molecule has 1 saturated heterocycles. The lowest BCUT2D eigenvalue weighted by Gasteiger charge is -2.40. The van der Waals surface area contributed by atoms with Gasteiger partial charge in [0.1, 0.15) is 0 Å². The summed E-state index contributed by atoms with van der Waals surface area (Å²) in [7, 11) is 0. The minimum atomic E-state index is 0.519. The summed E-state index contributed by atoms with van der Waals surface area (Å²) in [5.74, 6) is 1.11. The lowest BCUT2D eigenvalue weighted by Crippen LogP contribution is -2.50. The van der Waals surface area contributed by atoms with Crippen molar-refractivity contribution in [2.75, 3.05) is 51.0 Å². The lowest BCUT2D eigenvalue weighted by molar-refractivity contribution is 0.0383. The summed E-state index contributed by atoms with van der Waals surface area (Å²) in [5.41, 5.74) is 2.32. The van der Waals surface area contributed by atoms with E-state index in [9.17, 15) is 0 Å². The molecule has 1 aromatic carbocycles. The number of hydrogen-bond donors (Lipinski definition) is 0. The van der Waals surface area contributed by atoms with Crippen LogP contribution in [0.5, 0.6) is 0 Å². The van der Waals surface area contributed by atoms with Gasteiger partial charge in [-0.05, 0) is 26.0 Å². The van der Waals surface area contributed by atoms with Crippen molar-refractivity contribution in [2.45, 2.75) is 26.6 Å². The minimum absolute atomic E-state index is 0.519. The van der Waals surface area contributed by atoms with Gasteiger partial charge in [0.25, 0.3) is 0 Å². The molecule has 0 atom stereocenters. The van der Waals surface area contributed by atoms with Gasteiger partial charge in [-0.1, -0.05) is 12.1 Å². The molecule has 0 N–H and O–H groups in total. The van der Waals surface area contributed by atoms with E-state index in [1.54, 1.807) is 0 Å². The zero-order chi connectivity index (χ0) is 16.5. The van der Waals surface area contributed by atoms with Crippen LogP contribution >= 0.6 is 0 Å². The SMILES string of the molecule is CC(C)N1CN(CCN2CCOCC2)c2nc3ccccc3n2C1. The Morgan fingerprint density at radius 2 is 1.88 bits per heavy atom. The second kappa shape index (κ2) is 6.70. The van der Waals surface area contributed by atoms with Crippen LogP contribution in [-0.4, -0.2) is 71.5 Å². The van der Waals surface area contributed by atoms with Gasteiger partial charge in [-0.3, -0.25) is 14.4 Å². The van der Waals surface area contributed by atoms with E-state index < -0.39 is 0 Å². The van der Waals surface area contributed by atoms with Crippen LogP contribution in [0.25, 0.3) is 11.0 Å². The molecule has 2 aliphatic rings. The summed E-state index contributed by atoms with van der Waals surface area (Å²) in [4.78, 5) is 12.3. The van der Waals surface area contributed by atoms with Gasteiger partial charge in [-0.15, -0.1) is 0 Å². The summed E-state index contributed by atoms with van der Waals surface area (Å²) in [6.45, 7) is 12.3. The Hall–Kier alpha value is -1.63. The van der Waals surface area contributed by atoms with E-state index >= 15 is 0 Å². The number of fused-ring (bicyclic) bond motifs is 3. The molecule has 0 spiro atoms. The average Bonchev–Trinajstić information content (AvgIpc) is 2.99. The van der Waals surface area contributed by atoms with Gasteiger partial charge >= 0.3 is 0 Å². The number of ether oxygens (including phenoxy) is 1. The number of aromatic nitrogens is 2. The zero-order valence-corrected chi connectivity index (χ0v) is 14.7. The number of rotatable bonds is 4. The molecule has 0 saturated carbocycles. The first kappa shape index (κ1) is 15.9. The van der Waals surface area contributed by atoms with E-state index in [-0.39, 0.29) is 0 Å². The lowest BCUT2D eigenvalue weighted by atomic mass is 10.3. The fourth-order valence-corrected chi connectivity index (χ4v) is 3.54. The number of benzene rings is 1. The predicted molar refractivity (Wildman–Crippen MR) is 96.2 cm³/mol. The van der Waals surface area contributed by atoms with E-state index in [0.717, 1.165) is 64.2 Å². The quantitative estimate of drug-likeness (QED) is 0.855. The largest absolute Gasteiger partial charge is 0.379 e. The van der Waals surface area contributed by atoms with Crippen molar-refractivity contribution in [3.63, 3.8) is 0 Å². The molecular weight excluding hydrogens is 302 g/mol. The molecule has 0 amide bonds. The fourth-order valence-electron chi connectivity index (χ4n) is 3.54. The van der Waals surface area contributed by atoms with E-state index in [2.05, 4.69) is 57.4 Å². The third-order valence-corrected chi connectivity index (χ3v) is 5.11. The standard InChI is InChI=1S/C18H27N5O/c1-15(2)22-13-21(8-7-20-9-11-24-12-10-20)18-19-16-5-3-4-6-17(16)23(18)14-22/h3-6,15H,7-14H2,1-2H3. The molecule has 6 nitrogen and oxygen atoms in total. The van der Waals surface area contributed by atoms with E-state index in [1.807, 2.05) is 0 Å². The van der Waals surface area contributed by atoms with Crippen LogP contribution in [0.1, 0.15) is 13.8 Å². The molecule has 1 aromatic heterocycles. The van der Waals surface area contributed by atoms with Crippen molar-refractivity contribution in [3.05, 3.63) is 24.3 Å². The highest BCUT2D eigenvalue weighted by molar-refractivity contribution is 5.79. The highest BCUT2D eigenvalue weighted by Gasteiger charge is 2.27. The van der Waals surface area contributed by atoms with Gasteiger partial charge < -0.3 is 9.64 Å². The second-order valence-corrected chi connectivity index (χ2v) is 7.01. The smallest absolute Gasteiger partial charge is 0.208 e. The number of anilines is 1. The molecule has 0 aliphatic carbocycles. The summed E-state index contributed by atoms with van der Waals surface area (Å²) in [6.07, 6.45) is 0. The van der Waals surface area contributed by atoms with Crippen molar-refractivity contribution in [1.82, 2.24) is 19.4 Å². The highest BCUT2D eigenvalue weighted by atomic mass is 16.5. The maximum atomic E-state index is 5.46. The van der Waals surface area contributed by atoms with Gasteiger partial charge in [-0.25, -0.2) is 4.98 Å². The number of hydrogen-bond acceptors (Lipinski definition) is 5. The first-order chi connectivity index (χ1) is 11.7. The van der Waals surface area contributed by atoms with Crippen LogP contribution in [0.4, 0.5) is 5.95 Å². The fraction of sp³-hybridized carbons (Fsp3) is 0.611. The molecule has 2 aromatic rings. The van der Waals surface area contributed by atoms with Crippen molar-refractivity contribution in [1.29, 1.82) is 0 Å². The Kier molecular flexibility index (Phi) is 4.43. The molecule has 2 aliphatic heterocycles. The van der Waals surface area contributed by atoms with Crippen LogP contribution in [0.3, 0.4) is 0 Å². The number of morpholine rings is 1. The zero-order valence-electron chi connectivity index (χ0n) is 14.7. The van der Waals surface area contributed by atoms with Gasteiger partial charge in [0.15, 0.2) is 0 Å². The Bertz CT molecular complexity index is 692. The van der Waals surface area contributed by atoms with Gasteiger partial charge in [0, 0.05) is 32.2 Å². The maximum absolute atomic E-state index is 5.46. The molecular formula is C18H27N5O. The first-order valence-corrected chi connectivity index (χ1v) is 8.97. The average molecular weight is 329 g/mol. The van der Waals surface area contributed by atoms with Crippen LogP contribution in [0.15, 0.2) is 24.3 Å². The van der Waals surface area contributed by atoms with Gasteiger partial charge in [0.05, 0.1) is 37.6 Å². The van der Waals surface area contributed by atoms with Crippen LogP contribution in [0, 0.1) is 0 Å². The summed E-state index contributed by atoms with van der Waals surface area (Å²) >= 11 is 0. The third-order valence-electron chi connectivity index (χ3n) is 5.11. The molecule has 0 radical (unpaired) electrons. The second-order valence-electron chi connectivity index (χ2n) is 7.01. The van der Waals surface area contributed by atoms with Crippen molar-refractivity contribution in [3.8, 4) is 0 Å². The summed E-state index contributed by atoms with van der Waals surface area (Å²) in [5, 5.41) is 0. The molecule has 0 bridgehead atoms. The van der Waals surface area contributed by atoms with Gasteiger partial charge in [0.2, 0.25) is 5.95 Å². The Balaban J connectivity index is 1.58. The van der Waals surface area contributed by atoms with Crippen molar-refractivity contribution in [2.24, 2.45) is 0 Å². The Morgan fingerprint density at radius 3 is 2.67 bits per heavy atom. The Morgan fingerprint density at radius 1 is 1.08 bits per heavy atom. The monoisotopic (exact) mass is 329 g/mol. The van der Waals surface area contributed by atoms with Crippen molar-refractivity contribution >= 4 is 17.0 Å². The summed E-state index contributed by atoms with van der Waals surface area (Å²) < 4.78 is 7.82. The van der Waals surface area contributed by atoms with Gasteiger partial charge in [-0.2, -0.15) is 0 Å². The first-order valence-electron chi connectivity index (χ1n) is 8.97. The molecule has 24 heavy (non-hydrogen) atoms. The van der Waals surface area contributed by atoms with Crippen LogP contribution in [0.2, 0.25) is 0 Å². The number of imidazole rings is 1. The third kappa shape index (κ3) is 3.01. The Labute approximate surface area is 143 Å². The molecule has 0 unspecified atom stereocenters. The highest BCUT2D eigenvalue weighted by Crippen LogP contribution is 2.27.